The van der Waals surface area contributed by atoms with Crippen LogP contribution in [-0.2, 0) is 23.9 Å². The number of primary amides is 1. The van der Waals surface area contributed by atoms with Crippen LogP contribution in [0.4, 0.5) is 0 Å². The molecule has 0 heterocycles. The number of nitrogens with zero attached hydrogens (tertiary/aromatic N) is 1. The minimum absolute atomic E-state index is 0.0285. The Morgan fingerprint density at radius 3 is 2.38 bits per heavy atom. The zero-order chi connectivity index (χ0) is 29.7. The Labute approximate surface area is 230 Å². The van der Waals surface area contributed by atoms with Gasteiger partial charge in [0, 0.05) is 30.4 Å². The van der Waals surface area contributed by atoms with E-state index in [2.05, 4.69) is 0 Å². The molecule has 216 valence electrons. The summed E-state index contributed by atoms with van der Waals surface area (Å²) < 4.78 is 11.7. The standard InChI is InChI=1S/C28H34N2O10/c1-5-10-39-11-13-12-8-7-9-14(31)16(12)22(33)18-17(13)24(40-15(32)6-2)20-21(30(3)4)23(34)19(27(29)37)26(36)28(20,38)25(18)35/h7-9,13,17,20-21,24,31,34-35,38H,5-6,10-11H2,1-4H3,(H2,29,37). The summed E-state index contributed by atoms with van der Waals surface area (Å²) >= 11 is 0. The number of esters is 1. The van der Waals surface area contributed by atoms with E-state index in [9.17, 15) is 39.6 Å². The fraction of sp³-hybridized carbons (Fsp3) is 0.500. The lowest BCUT2D eigenvalue weighted by Gasteiger charge is -2.54. The second-order valence-corrected chi connectivity index (χ2v) is 10.5. The number of likely N-dealkylation sites (N-methyl/N-ethyl adjacent to an activating group) is 1. The summed E-state index contributed by atoms with van der Waals surface area (Å²) in [7, 11) is 2.98. The van der Waals surface area contributed by atoms with Crippen molar-refractivity contribution in [1.29, 1.82) is 0 Å². The Morgan fingerprint density at radius 1 is 1.12 bits per heavy atom. The maximum absolute atomic E-state index is 13.9. The van der Waals surface area contributed by atoms with Gasteiger partial charge < -0.3 is 35.6 Å². The fourth-order valence-corrected chi connectivity index (χ4v) is 6.30. The SMILES string of the molecule is CCCOCC1c2cccc(O)c2C(=O)C2=C(O)C3(O)C(=O)C(C(N)=O)=C(O)C(N(C)C)C3C(OC(=O)CC)C21. The molecule has 6 atom stereocenters. The smallest absolute Gasteiger partial charge is 0.305 e. The number of carbonyl (C=O) groups is 4. The van der Waals surface area contributed by atoms with Crippen molar-refractivity contribution in [3.8, 4) is 5.75 Å². The maximum Gasteiger partial charge on any atom is 0.305 e. The topological polar surface area (TPSA) is 197 Å². The number of ketones is 2. The highest BCUT2D eigenvalue weighted by atomic mass is 16.5. The van der Waals surface area contributed by atoms with E-state index in [0.29, 0.717) is 18.6 Å². The van der Waals surface area contributed by atoms with E-state index in [-0.39, 0.29) is 18.6 Å². The summed E-state index contributed by atoms with van der Waals surface area (Å²) in [6, 6.07) is 3.09. The highest BCUT2D eigenvalue weighted by molar-refractivity contribution is 6.25. The number of benzene rings is 1. The zero-order valence-corrected chi connectivity index (χ0v) is 22.7. The lowest BCUT2D eigenvalue weighted by atomic mass is 9.55. The number of rotatable bonds is 8. The summed E-state index contributed by atoms with van der Waals surface area (Å²) in [5.41, 5.74) is 1.22. The van der Waals surface area contributed by atoms with Crippen molar-refractivity contribution < 1.29 is 49.1 Å². The number of aliphatic hydroxyl groups excluding tert-OH is 2. The van der Waals surface area contributed by atoms with E-state index in [1.807, 2.05) is 6.92 Å². The average molecular weight is 559 g/mol. The van der Waals surface area contributed by atoms with Crippen LogP contribution in [0.15, 0.2) is 40.9 Å². The van der Waals surface area contributed by atoms with Crippen molar-refractivity contribution >= 4 is 23.4 Å². The number of phenolic OH excluding ortho intramolecular Hbond substituents is 1. The lowest BCUT2D eigenvalue weighted by Crippen LogP contribution is -2.69. The molecule has 0 spiro atoms. The van der Waals surface area contributed by atoms with Gasteiger partial charge in [-0.25, -0.2) is 0 Å². The molecular weight excluding hydrogens is 524 g/mol. The van der Waals surface area contributed by atoms with Crippen LogP contribution in [0.3, 0.4) is 0 Å². The first-order valence-electron chi connectivity index (χ1n) is 13.1. The number of aliphatic hydroxyl groups is 3. The van der Waals surface area contributed by atoms with Crippen molar-refractivity contribution in [3.05, 3.63) is 52.0 Å². The summed E-state index contributed by atoms with van der Waals surface area (Å²) in [4.78, 5) is 54.1. The molecule has 6 unspecified atom stereocenters. The molecular formula is C28H34N2O10. The van der Waals surface area contributed by atoms with E-state index in [0.717, 1.165) is 0 Å². The predicted octanol–water partition coefficient (Wildman–Crippen LogP) is 1.02. The molecule has 0 radical (unpaired) electrons. The van der Waals surface area contributed by atoms with Crippen molar-refractivity contribution in [2.24, 2.45) is 17.6 Å². The molecule has 0 bridgehead atoms. The number of nitrogens with two attached hydrogens (primary N) is 1. The Balaban J connectivity index is 2.10. The van der Waals surface area contributed by atoms with Crippen LogP contribution >= 0.6 is 0 Å². The third kappa shape index (κ3) is 4.18. The number of aromatic hydroxyl groups is 1. The van der Waals surface area contributed by atoms with Crippen LogP contribution in [0, 0.1) is 11.8 Å². The second kappa shape index (κ2) is 10.7. The normalized spacial score (nSPS) is 29.7. The molecule has 0 fully saturated rings. The van der Waals surface area contributed by atoms with Crippen LogP contribution in [-0.4, -0.2) is 93.8 Å². The Bertz CT molecular complexity index is 1330. The number of ether oxygens (including phenoxy) is 2. The minimum atomic E-state index is -2.98. The van der Waals surface area contributed by atoms with Gasteiger partial charge in [0.15, 0.2) is 11.4 Å². The van der Waals surface area contributed by atoms with Gasteiger partial charge in [0.2, 0.25) is 5.78 Å². The van der Waals surface area contributed by atoms with Gasteiger partial charge in [0.1, 0.15) is 28.9 Å². The van der Waals surface area contributed by atoms with Crippen molar-refractivity contribution in [1.82, 2.24) is 4.90 Å². The van der Waals surface area contributed by atoms with Crippen molar-refractivity contribution in [3.63, 3.8) is 0 Å². The second-order valence-electron chi connectivity index (χ2n) is 10.5. The highest BCUT2D eigenvalue weighted by Gasteiger charge is 2.68. The first kappa shape index (κ1) is 29.2. The van der Waals surface area contributed by atoms with Gasteiger partial charge in [-0.3, -0.25) is 24.1 Å². The van der Waals surface area contributed by atoms with E-state index < -0.39 is 87.4 Å². The number of carbonyl (C=O) groups excluding carboxylic acids is 4. The minimum Gasteiger partial charge on any atom is -0.510 e. The van der Waals surface area contributed by atoms with Gasteiger partial charge in [0.05, 0.1) is 24.1 Å². The first-order valence-corrected chi connectivity index (χ1v) is 13.1. The predicted molar refractivity (Wildman–Crippen MR) is 139 cm³/mol. The number of hydrogen-bond acceptors (Lipinski definition) is 11. The molecule has 1 aromatic carbocycles. The molecule has 1 amide bonds. The van der Waals surface area contributed by atoms with Crippen molar-refractivity contribution in [2.75, 3.05) is 27.3 Å². The van der Waals surface area contributed by atoms with E-state index in [4.69, 9.17) is 15.2 Å². The quantitative estimate of drug-likeness (QED) is 0.173. The Kier molecular flexibility index (Phi) is 7.81. The number of phenols is 1. The first-order chi connectivity index (χ1) is 18.8. The average Bonchev–Trinajstić information content (AvgIpc) is 2.89. The van der Waals surface area contributed by atoms with Gasteiger partial charge in [-0.15, -0.1) is 0 Å². The molecule has 40 heavy (non-hydrogen) atoms. The van der Waals surface area contributed by atoms with E-state index in [1.165, 1.54) is 38.1 Å². The molecule has 0 aromatic heterocycles. The zero-order valence-electron chi connectivity index (χ0n) is 22.7. The molecule has 12 heteroatoms. The monoisotopic (exact) mass is 558 g/mol. The van der Waals surface area contributed by atoms with Crippen LogP contribution in [0.25, 0.3) is 0 Å². The van der Waals surface area contributed by atoms with Crippen LogP contribution < -0.4 is 5.73 Å². The summed E-state index contributed by atoms with van der Waals surface area (Å²) in [5.74, 6) is -10.1. The summed E-state index contributed by atoms with van der Waals surface area (Å²) in [6.45, 7) is 3.74. The maximum atomic E-state index is 13.9. The van der Waals surface area contributed by atoms with Gasteiger partial charge in [-0.1, -0.05) is 26.0 Å². The lowest BCUT2D eigenvalue weighted by molar-refractivity contribution is -0.181. The van der Waals surface area contributed by atoms with Gasteiger partial charge in [-0.2, -0.15) is 0 Å². The third-order valence-corrected chi connectivity index (χ3v) is 7.97. The number of hydrogen-bond donors (Lipinski definition) is 5. The summed E-state index contributed by atoms with van der Waals surface area (Å²) in [6.07, 6.45) is -0.901. The van der Waals surface area contributed by atoms with Gasteiger partial charge in [0.25, 0.3) is 5.91 Å². The molecule has 1 aromatic rings. The van der Waals surface area contributed by atoms with Crippen LogP contribution in [0.5, 0.6) is 5.75 Å². The molecule has 4 rings (SSSR count). The van der Waals surface area contributed by atoms with E-state index >= 15 is 0 Å². The molecule has 6 N–H and O–H groups in total. The Hall–Kier alpha value is -3.74. The summed E-state index contributed by atoms with van der Waals surface area (Å²) in [5, 5.41) is 45.5. The molecule has 3 aliphatic carbocycles. The van der Waals surface area contributed by atoms with Gasteiger partial charge in [-0.05, 0) is 32.1 Å². The van der Waals surface area contributed by atoms with Crippen molar-refractivity contribution in [2.45, 2.75) is 50.4 Å². The molecule has 0 saturated carbocycles. The number of amides is 1. The number of Topliss-reactive ketones (excluding diaryl/α,β-unsaturated/α-hetero) is 2. The highest BCUT2D eigenvalue weighted by Crippen LogP contribution is 2.56. The van der Waals surface area contributed by atoms with Crippen LogP contribution in [0.1, 0.15) is 48.5 Å². The van der Waals surface area contributed by atoms with Crippen LogP contribution in [0.2, 0.25) is 0 Å². The molecule has 0 aliphatic heterocycles. The molecule has 0 saturated heterocycles. The Morgan fingerprint density at radius 2 is 1.80 bits per heavy atom. The fourth-order valence-electron chi connectivity index (χ4n) is 6.30. The third-order valence-electron chi connectivity index (χ3n) is 7.97. The number of fused-ring (bicyclic) bond motifs is 3. The van der Waals surface area contributed by atoms with Gasteiger partial charge >= 0.3 is 5.97 Å². The molecule has 12 nitrogen and oxygen atoms in total. The largest absolute Gasteiger partial charge is 0.510 e. The van der Waals surface area contributed by atoms with E-state index in [1.54, 1.807) is 6.07 Å². The molecule has 3 aliphatic rings.